The number of hydrogen-bond donors (Lipinski definition) is 4. The standard InChI is InChI=1S/C11H12F3N5O5/c12-11(13,14)19-8(23)4-7(17-10(19)15)18(2-16-4)9-6(22)5(21)3(1-20)24-9/h2-3,5-6,9,20-22H,1H2,(H2,15,17)/t3-,5-,6-,9-/m1/s1. The average Bonchev–Trinajstić information content (AvgIpc) is 3.00. The molecule has 4 atom stereocenters. The molecule has 0 spiro atoms. The molecule has 0 aromatic carbocycles. The number of hydrogen-bond acceptors (Lipinski definition) is 8. The quantitative estimate of drug-likeness (QED) is 0.498. The summed E-state index contributed by atoms with van der Waals surface area (Å²) in [5.74, 6) is -1.12. The largest absolute Gasteiger partial charge is 0.494 e. The molecule has 0 saturated carbocycles. The second-order valence-corrected chi connectivity index (χ2v) is 5.13. The second-order valence-electron chi connectivity index (χ2n) is 5.13. The van der Waals surface area contributed by atoms with E-state index in [1.807, 2.05) is 0 Å². The highest BCUT2D eigenvalue weighted by Gasteiger charge is 2.44. The number of aliphatic hydroxyl groups excluding tert-OH is 3. The zero-order valence-corrected chi connectivity index (χ0v) is 11.8. The van der Waals surface area contributed by atoms with E-state index < -0.39 is 59.0 Å². The van der Waals surface area contributed by atoms with Crippen LogP contribution in [0.4, 0.5) is 19.1 Å². The molecule has 0 bridgehead atoms. The molecule has 0 aliphatic carbocycles. The lowest BCUT2D eigenvalue weighted by Crippen LogP contribution is -2.34. The molecule has 1 saturated heterocycles. The van der Waals surface area contributed by atoms with Crippen LogP contribution >= 0.6 is 0 Å². The van der Waals surface area contributed by atoms with Crippen molar-refractivity contribution < 1.29 is 33.2 Å². The summed E-state index contributed by atoms with van der Waals surface area (Å²) >= 11 is 0. The maximum atomic E-state index is 12.8. The summed E-state index contributed by atoms with van der Waals surface area (Å²) in [6.45, 7) is -0.599. The number of alkyl halides is 3. The Hall–Kier alpha value is -2.22. The molecule has 3 heterocycles. The van der Waals surface area contributed by atoms with E-state index in [0.717, 1.165) is 10.9 Å². The molecule has 0 radical (unpaired) electrons. The van der Waals surface area contributed by atoms with Crippen molar-refractivity contribution in [3.8, 4) is 0 Å². The fourth-order valence-corrected chi connectivity index (χ4v) is 2.53. The van der Waals surface area contributed by atoms with Crippen LogP contribution in [0, 0.1) is 0 Å². The van der Waals surface area contributed by atoms with Gasteiger partial charge in [0.1, 0.15) is 18.3 Å². The van der Waals surface area contributed by atoms with Gasteiger partial charge in [-0.05, 0) is 0 Å². The van der Waals surface area contributed by atoms with Crippen molar-refractivity contribution in [1.29, 1.82) is 0 Å². The van der Waals surface area contributed by atoms with Crippen molar-refractivity contribution in [2.75, 3.05) is 12.3 Å². The molecule has 0 unspecified atom stereocenters. The Morgan fingerprint density at radius 3 is 2.54 bits per heavy atom. The summed E-state index contributed by atoms with van der Waals surface area (Å²) in [6, 6.07) is 0. The molecule has 2 aromatic rings. The summed E-state index contributed by atoms with van der Waals surface area (Å²) in [7, 11) is 0. The van der Waals surface area contributed by atoms with E-state index in [1.54, 1.807) is 0 Å². The van der Waals surface area contributed by atoms with Crippen LogP contribution in [0.1, 0.15) is 6.23 Å². The number of aromatic nitrogens is 4. The van der Waals surface area contributed by atoms with Gasteiger partial charge in [-0.3, -0.25) is 9.36 Å². The van der Waals surface area contributed by atoms with Crippen LogP contribution in [0.5, 0.6) is 0 Å². The van der Waals surface area contributed by atoms with Gasteiger partial charge >= 0.3 is 6.30 Å². The summed E-state index contributed by atoms with van der Waals surface area (Å²) in [5, 5.41) is 28.7. The first-order valence-electron chi connectivity index (χ1n) is 6.61. The monoisotopic (exact) mass is 351 g/mol. The predicted molar refractivity (Wildman–Crippen MR) is 70.5 cm³/mol. The van der Waals surface area contributed by atoms with Crippen molar-refractivity contribution >= 4 is 17.1 Å². The number of imidazole rings is 1. The summed E-state index contributed by atoms with van der Waals surface area (Å²) in [5.41, 5.74) is 2.69. The van der Waals surface area contributed by atoms with Gasteiger partial charge in [-0.2, -0.15) is 9.55 Å². The molecular weight excluding hydrogens is 339 g/mol. The number of fused-ring (bicyclic) bond motifs is 1. The first-order valence-corrected chi connectivity index (χ1v) is 6.61. The fraction of sp³-hybridized carbons (Fsp3) is 0.545. The van der Waals surface area contributed by atoms with Gasteiger partial charge in [-0.25, -0.2) is 4.98 Å². The Morgan fingerprint density at radius 2 is 2.00 bits per heavy atom. The number of halogens is 3. The van der Waals surface area contributed by atoms with Crippen molar-refractivity contribution in [3.05, 3.63) is 16.7 Å². The third-order valence-electron chi connectivity index (χ3n) is 3.67. The molecule has 0 amide bonds. The van der Waals surface area contributed by atoms with Gasteiger partial charge in [0.25, 0.3) is 5.56 Å². The molecule has 24 heavy (non-hydrogen) atoms. The van der Waals surface area contributed by atoms with Gasteiger partial charge in [0.15, 0.2) is 17.4 Å². The smallest absolute Gasteiger partial charge is 0.394 e. The lowest BCUT2D eigenvalue weighted by molar-refractivity contribution is -0.204. The van der Waals surface area contributed by atoms with Gasteiger partial charge in [-0.15, -0.1) is 13.2 Å². The fourth-order valence-electron chi connectivity index (χ4n) is 2.53. The molecule has 2 aromatic heterocycles. The van der Waals surface area contributed by atoms with Crippen LogP contribution in [-0.4, -0.2) is 59.3 Å². The number of ether oxygens (including phenoxy) is 1. The maximum Gasteiger partial charge on any atom is 0.494 e. The van der Waals surface area contributed by atoms with Crippen molar-refractivity contribution in [1.82, 2.24) is 19.1 Å². The lowest BCUT2D eigenvalue weighted by Gasteiger charge is -2.17. The zero-order chi connectivity index (χ0) is 17.8. The molecule has 1 fully saturated rings. The van der Waals surface area contributed by atoms with Gasteiger partial charge in [-0.1, -0.05) is 0 Å². The highest BCUT2D eigenvalue weighted by Crippen LogP contribution is 2.31. The van der Waals surface area contributed by atoms with Crippen molar-refractivity contribution in [2.24, 2.45) is 0 Å². The van der Waals surface area contributed by atoms with E-state index in [2.05, 4.69) is 9.97 Å². The minimum atomic E-state index is -5.08. The number of nitrogen functional groups attached to an aromatic ring is 1. The number of nitrogens with zero attached hydrogens (tertiary/aromatic N) is 4. The second kappa shape index (κ2) is 5.41. The SMILES string of the molecule is Nc1nc2c(ncn2[C@@H]2O[C@H](CO)[C@@H](O)[C@H]2O)c(=O)n1C(F)(F)F. The van der Waals surface area contributed by atoms with E-state index in [4.69, 9.17) is 15.6 Å². The third kappa shape index (κ3) is 2.32. The molecular formula is C11H12F3N5O5. The molecule has 132 valence electrons. The minimum absolute atomic E-state index is 0.354. The normalized spacial score (nSPS) is 27.9. The first kappa shape index (κ1) is 16.6. The van der Waals surface area contributed by atoms with Gasteiger partial charge in [0.05, 0.1) is 12.9 Å². The van der Waals surface area contributed by atoms with E-state index in [1.165, 1.54) is 0 Å². The van der Waals surface area contributed by atoms with Crippen LogP contribution in [0.25, 0.3) is 11.2 Å². The number of aliphatic hydroxyl groups is 3. The van der Waals surface area contributed by atoms with E-state index in [0.29, 0.717) is 0 Å². The van der Waals surface area contributed by atoms with E-state index in [9.17, 15) is 28.2 Å². The van der Waals surface area contributed by atoms with Crippen LogP contribution in [0.15, 0.2) is 11.1 Å². The van der Waals surface area contributed by atoms with Crippen LogP contribution < -0.4 is 11.3 Å². The van der Waals surface area contributed by atoms with Crippen LogP contribution in [0.3, 0.4) is 0 Å². The Balaban J connectivity index is 2.15. The van der Waals surface area contributed by atoms with Gasteiger partial charge in [0, 0.05) is 0 Å². The van der Waals surface area contributed by atoms with Crippen LogP contribution in [0.2, 0.25) is 0 Å². The minimum Gasteiger partial charge on any atom is -0.394 e. The van der Waals surface area contributed by atoms with Crippen molar-refractivity contribution in [3.63, 3.8) is 0 Å². The van der Waals surface area contributed by atoms with Crippen molar-refractivity contribution in [2.45, 2.75) is 30.8 Å². The highest BCUT2D eigenvalue weighted by molar-refractivity contribution is 5.71. The highest BCUT2D eigenvalue weighted by atomic mass is 19.4. The average molecular weight is 351 g/mol. The molecule has 5 N–H and O–H groups in total. The van der Waals surface area contributed by atoms with Gasteiger partial charge in [0.2, 0.25) is 5.95 Å². The number of anilines is 1. The molecule has 10 nitrogen and oxygen atoms in total. The maximum absolute atomic E-state index is 12.8. The molecule has 1 aliphatic heterocycles. The Morgan fingerprint density at radius 1 is 1.33 bits per heavy atom. The number of rotatable bonds is 2. The van der Waals surface area contributed by atoms with Gasteiger partial charge < -0.3 is 25.8 Å². The molecule has 3 rings (SSSR count). The van der Waals surface area contributed by atoms with Crippen LogP contribution in [-0.2, 0) is 11.0 Å². The lowest BCUT2D eigenvalue weighted by atomic mass is 10.1. The summed E-state index contributed by atoms with van der Waals surface area (Å²) < 4.78 is 44.0. The first-order chi connectivity index (χ1) is 11.2. The third-order valence-corrected chi connectivity index (χ3v) is 3.67. The predicted octanol–water partition coefficient (Wildman–Crippen LogP) is -1.74. The Kier molecular flexibility index (Phi) is 3.75. The summed E-state index contributed by atoms with van der Waals surface area (Å²) in [4.78, 5) is 19.0. The molecule has 1 aliphatic rings. The zero-order valence-electron chi connectivity index (χ0n) is 11.8. The van der Waals surface area contributed by atoms with E-state index >= 15 is 0 Å². The molecule has 13 heteroatoms. The van der Waals surface area contributed by atoms with E-state index in [-0.39, 0.29) is 5.65 Å². The Labute approximate surface area is 130 Å². The number of nitrogens with two attached hydrogens (primary N) is 1. The topological polar surface area (TPSA) is 149 Å². The summed E-state index contributed by atoms with van der Waals surface area (Å²) in [6.07, 6.45) is -9.53. The Bertz CT molecular complexity index is 834.